The van der Waals surface area contributed by atoms with Crippen molar-refractivity contribution in [2.45, 2.75) is 64.2 Å². The smallest absolute Gasteiger partial charge is 0.244 e. The minimum Gasteiger partial charge on any atom is -0.370 e. The lowest BCUT2D eigenvalue weighted by Crippen LogP contribution is -2.50. The first-order valence-electron chi connectivity index (χ1n) is 11.3. The molecule has 0 unspecified atom stereocenters. The van der Waals surface area contributed by atoms with Gasteiger partial charge in [-0.1, -0.05) is 53.7 Å². The third kappa shape index (κ3) is 6.45. The lowest BCUT2D eigenvalue weighted by atomic mass is 9.89. The first-order chi connectivity index (χ1) is 14.8. The quantitative estimate of drug-likeness (QED) is 0.448. The fourth-order valence-electron chi connectivity index (χ4n) is 3.94. The Hall–Kier alpha value is -2.13. The fourth-order valence-corrected chi connectivity index (χ4v) is 6.11. The highest BCUT2D eigenvalue weighted by molar-refractivity contribution is 7.91. The molecule has 0 atom stereocenters. The van der Waals surface area contributed by atoms with Crippen LogP contribution in [-0.2, 0) is 14.6 Å². The van der Waals surface area contributed by atoms with Crippen LogP contribution >= 0.6 is 0 Å². The summed E-state index contributed by atoms with van der Waals surface area (Å²) in [4.78, 5) is 20.0. The Kier molecular flexibility index (Phi) is 8.70. The molecule has 0 spiro atoms. The zero-order valence-corrected chi connectivity index (χ0v) is 21.1. The Balaban J connectivity index is 2.26. The molecule has 1 heterocycles. The van der Waals surface area contributed by atoms with Gasteiger partial charge in [0.2, 0.25) is 5.91 Å². The third-order valence-electron chi connectivity index (χ3n) is 5.86. The fraction of sp³-hybridized carbons (Fsp3) is 0.652. The van der Waals surface area contributed by atoms with Gasteiger partial charge in [-0.25, -0.2) is 13.4 Å². The van der Waals surface area contributed by atoms with Crippen LogP contribution in [0.4, 0.5) is 0 Å². The van der Waals surface area contributed by atoms with Crippen molar-refractivity contribution in [1.82, 2.24) is 9.80 Å². The highest BCUT2D eigenvalue weighted by Crippen LogP contribution is 2.36. The van der Waals surface area contributed by atoms with Gasteiger partial charge in [-0.2, -0.15) is 0 Å². The van der Waals surface area contributed by atoms with Gasteiger partial charge in [0, 0.05) is 26.2 Å². The molecule has 2 rings (SSSR count). The maximum absolute atomic E-state index is 13.7. The van der Waals surface area contributed by atoms with E-state index in [4.69, 9.17) is 11.5 Å². The second-order valence-corrected chi connectivity index (χ2v) is 11.4. The lowest BCUT2D eigenvalue weighted by Gasteiger charge is -2.34. The van der Waals surface area contributed by atoms with E-state index in [1.807, 2.05) is 32.6 Å². The van der Waals surface area contributed by atoms with Gasteiger partial charge in [-0.05, 0) is 34.4 Å². The summed E-state index contributed by atoms with van der Waals surface area (Å²) in [6.45, 7) is 14.2. The van der Waals surface area contributed by atoms with Crippen LogP contribution in [0.25, 0.3) is 0 Å². The van der Waals surface area contributed by atoms with Gasteiger partial charge in [0.05, 0.1) is 4.90 Å². The highest BCUT2D eigenvalue weighted by atomic mass is 32.2. The number of piperazine rings is 1. The summed E-state index contributed by atoms with van der Waals surface area (Å²) in [5, 5.41) is 0. The van der Waals surface area contributed by atoms with Crippen LogP contribution < -0.4 is 11.5 Å². The minimum absolute atomic E-state index is 0.0522. The summed E-state index contributed by atoms with van der Waals surface area (Å²) in [6, 6.07) is 4.13. The van der Waals surface area contributed by atoms with E-state index in [0.29, 0.717) is 37.0 Å². The number of sulfone groups is 1. The van der Waals surface area contributed by atoms with Crippen LogP contribution in [0.3, 0.4) is 0 Å². The van der Waals surface area contributed by atoms with Gasteiger partial charge in [0.1, 0.15) is 12.4 Å². The molecule has 1 aromatic rings. The number of carbonyl (C=O) groups excluding carboxylic acids is 1. The molecule has 0 saturated carbocycles. The number of rotatable bonds is 8. The number of amides is 1. The summed E-state index contributed by atoms with van der Waals surface area (Å²) in [6.07, 6.45) is 0. The van der Waals surface area contributed by atoms with Crippen LogP contribution in [0.2, 0.25) is 0 Å². The molecule has 1 fully saturated rings. The van der Waals surface area contributed by atoms with Crippen molar-refractivity contribution in [2.24, 2.45) is 16.5 Å². The van der Waals surface area contributed by atoms with E-state index in [-0.39, 0.29) is 36.1 Å². The van der Waals surface area contributed by atoms with E-state index in [9.17, 15) is 13.2 Å². The molecular weight excluding hydrogens is 426 g/mol. The molecule has 32 heavy (non-hydrogen) atoms. The number of guanidine groups is 1. The Morgan fingerprint density at radius 3 is 1.84 bits per heavy atom. The lowest BCUT2D eigenvalue weighted by molar-refractivity contribution is -0.131. The molecule has 1 aromatic carbocycles. The van der Waals surface area contributed by atoms with Crippen molar-refractivity contribution in [3.05, 3.63) is 28.8 Å². The van der Waals surface area contributed by atoms with Crippen molar-refractivity contribution in [3.8, 4) is 0 Å². The largest absolute Gasteiger partial charge is 0.370 e. The zero-order chi connectivity index (χ0) is 24.2. The van der Waals surface area contributed by atoms with Gasteiger partial charge in [0.25, 0.3) is 0 Å². The van der Waals surface area contributed by atoms with Crippen LogP contribution in [0, 0.1) is 0 Å². The number of hydrogen-bond acceptors (Lipinski definition) is 5. The van der Waals surface area contributed by atoms with Crippen LogP contribution in [0.5, 0.6) is 0 Å². The maximum Gasteiger partial charge on any atom is 0.244 e. The Morgan fingerprint density at radius 2 is 1.44 bits per heavy atom. The second kappa shape index (κ2) is 10.7. The summed E-state index contributed by atoms with van der Waals surface area (Å²) in [5.74, 6) is 0.194. The molecule has 9 heteroatoms. The molecule has 0 bridgehead atoms. The van der Waals surface area contributed by atoms with E-state index in [1.54, 1.807) is 4.90 Å². The van der Waals surface area contributed by atoms with Crippen LogP contribution in [0.15, 0.2) is 22.0 Å². The van der Waals surface area contributed by atoms with E-state index >= 15 is 0 Å². The average molecular weight is 466 g/mol. The second-order valence-electron chi connectivity index (χ2n) is 9.48. The molecule has 1 saturated heterocycles. The number of hydrogen-bond donors (Lipinski definition) is 2. The van der Waals surface area contributed by atoms with E-state index in [1.165, 1.54) is 5.56 Å². The summed E-state index contributed by atoms with van der Waals surface area (Å²) in [7, 11) is -3.55. The first-order valence-corrected chi connectivity index (χ1v) is 12.9. The molecule has 180 valence electrons. The molecular formula is C23H39N5O3S. The Morgan fingerprint density at radius 1 is 0.938 bits per heavy atom. The molecule has 8 nitrogen and oxygen atoms in total. The number of benzene rings is 1. The molecule has 1 amide bonds. The van der Waals surface area contributed by atoms with Crippen LogP contribution in [0.1, 0.15) is 76.0 Å². The summed E-state index contributed by atoms with van der Waals surface area (Å²) < 4.78 is 27.3. The minimum atomic E-state index is -3.55. The van der Waals surface area contributed by atoms with E-state index in [2.05, 4.69) is 31.0 Å². The number of aliphatic imine (C=N–C) groups is 1. The first kappa shape index (κ1) is 26.1. The van der Waals surface area contributed by atoms with Gasteiger partial charge in [0.15, 0.2) is 15.8 Å². The third-order valence-corrected chi connectivity index (χ3v) is 7.66. The monoisotopic (exact) mass is 465 g/mol. The van der Waals surface area contributed by atoms with Crippen molar-refractivity contribution in [2.75, 3.05) is 38.6 Å². The zero-order valence-electron chi connectivity index (χ0n) is 20.3. The van der Waals surface area contributed by atoms with Crippen molar-refractivity contribution < 1.29 is 13.2 Å². The van der Waals surface area contributed by atoms with Gasteiger partial charge < -0.3 is 16.4 Å². The number of carbonyl (C=O) groups is 1. The van der Waals surface area contributed by atoms with Gasteiger partial charge in [-0.15, -0.1) is 0 Å². The van der Waals surface area contributed by atoms with Crippen molar-refractivity contribution >= 4 is 21.7 Å². The predicted molar refractivity (Wildman–Crippen MR) is 130 cm³/mol. The summed E-state index contributed by atoms with van der Waals surface area (Å²) >= 11 is 0. The Labute approximate surface area is 193 Å². The number of nitrogens with zero attached hydrogens (tertiary/aromatic N) is 3. The van der Waals surface area contributed by atoms with E-state index in [0.717, 1.165) is 11.1 Å². The molecule has 0 aliphatic carbocycles. The highest BCUT2D eigenvalue weighted by Gasteiger charge is 2.30. The van der Waals surface area contributed by atoms with Crippen molar-refractivity contribution in [3.63, 3.8) is 0 Å². The molecule has 1 aliphatic rings. The number of nitrogens with two attached hydrogens (primary N) is 2. The average Bonchev–Trinajstić information content (AvgIpc) is 2.71. The van der Waals surface area contributed by atoms with Crippen LogP contribution in [-0.4, -0.2) is 68.7 Å². The van der Waals surface area contributed by atoms with E-state index < -0.39 is 9.84 Å². The van der Waals surface area contributed by atoms with Crippen molar-refractivity contribution in [1.29, 1.82) is 0 Å². The maximum atomic E-state index is 13.7. The predicted octanol–water partition coefficient (Wildman–Crippen LogP) is 2.21. The normalized spacial score (nSPS) is 15.6. The van der Waals surface area contributed by atoms with Gasteiger partial charge >= 0.3 is 0 Å². The molecule has 0 aromatic heterocycles. The molecule has 4 N–H and O–H groups in total. The van der Waals surface area contributed by atoms with Gasteiger partial charge in [-0.3, -0.25) is 9.69 Å². The summed E-state index contributed by atoms with van der Waals surface area (Å²) in [5.41, 5.74) is 13.5. The molecule has 0 radical (unpaired) electrons. The Bertz CT molecular complexity index is 913. The molecule has 1 aliphatic heterocycles. The SMILES string of the molecule is CC(C)c1cc(C(C)C)c(S(=O)(=O)CN2CCN(C(=O)CN=C(N)N)CC2)c(C(C)C)c1. The standard InChI is InChI=1S/C23H39N5O3S/c1-15(2)18-11-19(16(3)4)22(20(12-18)17(5)6)32(30,31)14-27-7-9-28(10-8-27)21(29)13-26-23(24)25/h11-12,15-17H,7-10,13-14H2,1-6H3,(H4,24,25,26). The topological polar surface area (TPSA) is 122 Å².